The zero-order chi connectivity index (χ0) is 27.8. The van der Waals surface area contributed by atoms with E-state index >= 15 is 0 Å². The van der Waals surface area contributed by atoms with Crippen molar-refractivity contribution in [2.75, 3.05) is 43.3 Å². The lowest BCUT2D eigenvalue weighted by atomic mass is 10.1. The maximum atomic E-state index is 13.2. The summed E-state index contributed by atoms with van der Waals surface area (Å²) < 4.78 is 10.2. The average molecular weight is 531 g/mol. The molecule has 3 N–H and O–H groups in total. The van der Waals surface area contributed by atoms with Crippen molar-refractivity contribution in [2.24, 2.45) is 0 Å². The van der Waals surface area contributed by atoms with Gasteiger partial charge >= 0.3 is 12.0 Å². The molecule has 0 saturated carbocycles. The molecule has 39 heavy (non-hydrogen) atoms. The number of anilines is 3. The molecule has 3 aromatic carbocycles. The molecule has 4 rings (SSSR count). The molecular weight excluding hydrogens is 496 g/mol. The lowest BCUT2D eigenvalue weighted by molar-refractivity contribution is -0.131. The number of aryl methyl sites for hydroxylation is 1. The van der Waals surface area contributed by atoms with Crippen LogP contribution in [0, 0.1) is 6.92 Å². The van der Waals surface area contributed by atoms with Gasteiger partial charge in [0.15, 0.2) is 0 Å². The zero-order valence-electron chi connectivity index (χ0n) is 22.5. The Kier molecular flexibility index (Phi) is 9.04. The van der Waals surface area contributed by atoms with Crippen LogP contribution in [0.2, 0.25) is 0 Å². The molecule has 1 saturated heterocycles. The molecule has 3 aromatic rings. The van der Waals surface area contributed by atoms with Crippen LogP contribution in [0.1, 0.15) is 34.3 Å². The number of carbonyl (C=O) groups is 3. The quantitative estimate of drug-likeness (QED) is 0.333. The number of amides is 3. The highest BCUT2D eigenvalue weighted by Gasteiger charge is 2.28. The van der Waals surface area contributed by atoms with Crippen LogP contribution in [0.4, 0.5) is 21.9 Å². The van der Waals surface area contributed by atoms with E-state index in [-0.39, 0.29) is 30.4 Å². The molecule has 0 radical (unpaired) electrons. The van der Waals surface area contributed by atoms with Gasteiger partial charge in [0.25, 0.3) is 0 Å². The van der Waals surface area contributed by atoms with Gasteiger partial charge in [-0.05, 0) is 73.4 Å². The van der Waals surface area contributed by atoms with Crippen molar-refractivity contribution in [3.05, 3.63) is 83.4 Å². The van der Waals surface area contributed by atoms with E-state index in [0.29, 0.717) is 30.1 Å². The Morgan fingerprint density at radius 3 is 2.41 bits per heavy atom. The molecule has 3 amide bonds. The van der Waals surface area contributed by atoms with Gasteiger partial charge in [0.05, 0.1) is 31.9 Å². The largest absolute Gasteiger partial charge is 0.495 e. The first-order chi connectivity index (χ1) is 18.9. The summed E-state index contributed by atoms with van der Waals surface area (Å²) in [5.41, 5.74) is 4.37. The van der Waals surface area contributed by atoms with Crippen LogP contribution >= 0.6 is 0 Å². The summed E-state index contributed by atoms with van der Waals surface area (Å²) in [6.07, 6.45) is 2.10. The molecule has 204 valence electrons. The molecule has 9 heteroatoms. The first-order valence-corrected chi connectivity index (χ1v) is 12.9. The predicted octanol–water partition coefficient (Wildman–Crippen LogP) is 5.08. The van der Waals surface area contributed by atoms with Crippen molar-refractivity contribution in [1.82, 2.24) is 4.90 Å². The van der Waals surface area contributed by atoms with E-state index in [1.54, 1.807) is 24.3 Å². The standard InChI is InChI=1S/C30H34N4O5/c1-20-7-4-5-9-25(20)32-30(37)33-26-15-10-21(17-27(26)38-2)18-28(35)34-16-6-8-24(34)19-31-23-13-11-22(12-14-23)29(36)39-3/h4-5,7,9-15,17,24,31H,6,8,16,18-19H2,1-3H3,(H2,32,33,37)/t24-/m0/s1. The highest BCUT2D eigenvalue weighted by Crippen LogP contribution is 2.27. The monoisotopic (exact) mass is 530 g/mol. The number of urea groups is 1. The summed E-state index contributed by atoms with van der Waals surface area (Å²) in [5.74, 6) is 0.149. The van der Waals surface area contributed by atoms with E-state index in [2.05, 4.69) is 16.0 Å². The molecule has 0 aliphatic carbocycles. The molecule has 9 nitrogen and oxygen atoms in total. The first-order valence-electron chi connectivity index (χ1n) is 12.9. The minimum Gasteiger partial charge on any atom is -0.495 e. The van der Waals surface area contributed by atoms with Crippen LogP contribution in [0.3, 0.4) is 0 Å². The van der Waals surface area contributed by atoms with Crippen molar-refractivity contribution in [2.45, 2.75) is 32.2 Å². The minimum atomic E-state index is -0.376. The summed E-state index contributed by atoms with van der Waals surface area (Å²) in [7, 11) is 2.89. The number of carbonyl (C=O) groups excluding carboxylic acids is 3. The second-order valence-corrected chi connectivity index (χ2v) is 9.44. The second-order valence-electron chi connectivity index (χ2n) is 9.44. The smallest absolute Gasteiger partial charge is 0.337 e. The fourth-order valence-corrected chi connectivity index (χ4v) is 4.67. The topological polar surface area (TPSA) is 109 Å². The van der Waals surface area contributed by atoms with Crippen molar-refractivity contribution >= 4 is 35.0 Å². The van der Waals surface area contributed by atoms with E-state index in [0.717, 1.165) is 35.3 Å². The molecule has 1 fully saturated rings. The number of rotatable bonds is 9. The van der Waals surface area contributed by atoms with E-state index < -0.39 is 0 Å². The number of benzene rings is 3. The van der Waals surface area contributed by atoms with Crippen LogP contribution < -0.4 is 20.7 Å². The molecule has 0 unspecified atom stereocenters. The van der Waals surface area contributed by atoms with Crippen molar-refractivity contribution in [1.29, 1.82) is 0 Å². The number of nitrogens with zero attached hydrogens (tertiary/aromatic N) is 1. The van der Waals surface area contributed by atoms with Gasteiger partial charge in [0, 0.05) is 30.5 Å². The lowest BCUT2D eigenvalue weighted by Gasteiger charge is -2.25. The molecule has 1 atom stereocenters. The van der Waals surface area contributed by atoms with Crippen LogP contribution in [-0.4, -0.2) is 56.2 Å². The Balaban J connectivity index is 1.34. The van der Waals surface area contributed by atoms with Crippen molar-refractivity contribution < 1.29 is 23.9 Å². The average Bonchev–Trinajstić information content (AvgIpc) is 3.43. The molecule has 0 bridgehead atoms. The van der Waals surface area contributed by atoms with Gasteiger partial charge in [0.1, 0.15) is 5.75 Å². The second kappa shape index (κ2) is 12.8. The van der Waals surface area contributed by atoms with Gasteiger partial charge in [0.2, 0.25) is 5.91 Å². The van der Waals surface area contributed by atoms with Gasteiger partial charge in [-0.1, -0.05) is 24.3 Å². The number of hydrogen-bond donors (Lipinski definition) is 3. The molecule has 1 heterocycles. The van der Waals surface area contributed by atoms with E-state index in [1.807, 2.05) is 54.3 Å². The summed E-state index contributed by atoms with van der Waals surface area (Å²) in [4.78, 5) is 39.3. The maximum Gasteiger partial charge on any atom is 0.337 e. The Labute approximate surface area is 228 Å². The third kappa shape index (κ3) is 7.07. The minimum absolute atomic E-state index is 0.0420. The van der Waals surface area contributed by atoms with E-state index in [4.69, 9.17) is 9.47 Å². The summed E-state index contributed by atoms with van der Waals surface area (Å²) in [6, 6.07) is 19.7. The molecular formula is C30H34N4O5. The van der Waals surface area contributed by atoms with Crippen LogP contribution in [0.25, 0.3) is 0 Å². The number of nitrogens with one attached hydrogen (secondary N) is 3. The highest BCUT2D eigenvalue weighted by molar-refractivity contribution is 6.01. The predicted molar refractivity (Wildman–Crippen MR) is 152 cm³/mol. The highest BCUT2D eigenvalue weighted by atomic mass is 16.5. The van der Waals surface area contributed by atoms with Crippen LogP contribution in [0.5, 0.6) is 5.75 Å². The molecule has 1 aliphatic heterocycles. The number of methoxy groups -OCH3 is 2. The molecule has 1 aliphatic rings. The molecule has 0 aromatic heterocycles. The Bertz CT molecular complexity index is 1330. The summed E-state index contributed by atoms with van der Waals surface area (Å²) in [6.45, 7) is 3.25. The van der Waals surface area contributed by atoms with Crippen molar-refractivity contribution in [3.8, 4) is 5.75 Å². The van der Waals surface area contributed by atoms with Gasteiger partial charge in [-0.25, -0.2) is 9.59 Å². The number of esters is 1. The van der Waals surface area contributed by atoms with Crippen LogP contribution in [0.15, 0.2) is 66.7 Å². The fourth-order valence-electron chi connectivity index (χ4n) is 4.67. The first kappa shape index (κ1) is 27.5. The zero-order valence-corrected chi connectivity index (χ0v) is 22.5. The van der Waals surface area contributed by atoms with Gasteiger partial charge in [-0.3, -0.25) is 4.79 Å². The van der Waals surface area contributed by atoms with Gasteiger partial charge in [-0.15, -0.1) is 0 Å². The Hall–Kier alpha value is -4.53. The fraction of sp³-hybridized carbons (Fsp3) is 0.300. The third-order valence-corrected chi connectivity index (χ3v) is 6.81. The van der Waals surface area contributed by atoms with Gasteiger partial charge < -0.3 is 30.3 Å². The Morgan fingerprint density at radius 2 is 1.69 bits per heavy atom. The van der Waals surface area contributed by atoms with E-state index in [1.165, 1.54) is 14.2 Å². The van der Waals surface area contributed by atoms with Gasteiger partial charge in [-0.2, -0.15) is 0 Å². The van der Waals surface area contributed by atoms with Crippen LogP contribution in [-0.2, 0) is 16.0 Å². The number of likely N-dealkylation sites (tertiary alicyclic amines) is 1. The summed E-state index contributed by atoms with van der Waals surface area (Å²) >= 11 is 0. The Morgan fingerprint density at radius 1 is 0.949 bits per heavy atom. The summed E-state index contributed by atoms with van der Waals surface area (Å²) in [5, 5.41) is 9.03. The number of hydrogen-bond acceptors (Lipinski definition) is 6. The number of para-hydroxylation sites is 1. The maximum absolute atomic E-state index is 13.2. The number of ether oxygens (including phenoxy) is 2. The van der Waals surface area contributed by atoms with E-state index in [9.17, 15) is 14.4 Å². The van der Waals surface area contributed by atoms with Crippen molar-refractivity contribution in [3.63, 3.8) is 0 Å². The third-order valence-electron chi connectivity index (χ3n) is 6.81. The SMILES string of the molecule is COC(=O)c1ccc(NC[C@@H]2CCCN2C(=O)Cc2ccc(NC(=O)Nc3ccccc3C)c(OC)c2)cc1. The molecule has 0 spiro atoms. The lowest BCUT2D eigenvalue weighted by Crippen LogP contribution is -2.40. The normalized spacial score (nSPS) is 14.4.